The largest absolute Gasteiger partial charge is 0.383 e. The summed E-state index contributed by atoms with van der Waals surface area (Å²) >= 11 is 0. The number of carbonyl (C=O) groups excluding carboxylic acids is 1. The number of amides is 2. The van der Waals surface area contributed by atoms with Crippen molar-refractivity contribution in [2.24, 2.45) is 0 Å². The van der Waals surface area contributed by atoms with Crippen LogP contribution in [0, 0.1) is 12.7 Å². The number of urea groups is 1. The second-order valence-electron chi connectivity index (χ2n) is 6.36. The summed E-state index contributed by atoms with van der Waals surface area (Å²) in [4.78, 5) is 14.5. The molecule has 0 heterocycles. The molecular formula is C21H27FN2O2. The lowest BCUT2D eigenvalue weighted by Crippen LogP contribution is -2.42. The third-order valence-electron chi connectivity index (χ3n) is 4.32. The fourth-order valence-electron chi connectivity index (χ4n) is 2.72. The van der Waals surface area contributed by atoms with E-state index in [1.54, 1.807) is 24.1 Å². The Bertz CT molecular complexity index is 686. The van der Waals surface area contributed by atoms with Crippen LogP contribution in [0.1, 0.15) is 36.1 Å². The van der Waals surface area contributed by atoms with Gasteiger partial charge in [0.25, 0.3) is 0 Å². The Morgan fingerprint density at radius 1 is 1.15 bits per heavy atom. The summed E-state index contributed by atoms with van der Waals surface area (Å²) in [5.41, 5.74) is 3.15. The highest BCUT2D eigenvalue weighted by atomic mass is 19.1. The third kappa shape index (κ3) is 5.85. The van der Waals surface area contributed by atoms with Crippen molar-refractivity contribution in [1.29, 1.82) is 0 Å². The molecular weight excluding hydrogens is 331 g/mol. The summed E-state index contributed by atoms with van der Waals surface area (Å²) in [7, 11) is 1.61. The standard InChI is InChI=1S/C21H27FN2O2/c1-4-20(18-9-5-16(2)6-10-18)23-21(25)24(13-14-26-3)15-17-7-11-19(22)12-8-17/h5-12,20H,4,13-15H2,1-3H3,(H,23,25)/t20-/m1/s1. The van der Waals surface area contributed by atoms with Crippen LogP contribution in [0.5, 0.6) is 0 Å². The van der Waals surface area contributed by atoms with Crippen molar-refractivity contribution < 1.29 is 13.9 Å². The van der Waals surface area contributed by atoms with Gasteiger partial charge in [0.05, 0.1) is 12.6 Å². The van der Waals surface area contributed by atoms with Crippen molar-refractivity contribution >= 4 is 6.03 Å². The maximum atomic E-state index is 13.1. The number of benzene rings is 2. The van der Waals surface area contributed by atoms with Crippen LogP contribution in [0.2, 0.25) is 0 Å². The van der Waals surface area contributed by atoms with Crippen LogP contribution in [-0.4, -0.2) is 31.2 Å². The first kappa shape index (κ1) is 19.9. The average molecular weight is 358 g/mol. The van der Waals surface area contributed by atoms with Crippen LogP contribution in [0.3, 0.4) is 0 Å². The highest BCUT2D eigenvalue weighted by Gasteiger charge is 2.18. The van der Waals surface area contributed by atoms with Crippen LogP contribution < -0.4 is 5.32 Å². The van der Waals surface area contributed by atoms with Crippen molar-refractivity contribution in [2.75, 3.05) is 20.3 Å². The Hall–Kier alpha value is -2.40. The van der Waals surface area contributed by atoms with E-state index >= 15 is 0 Å². The van der Waals surface area contributed by atoms with Gasteiger partial charge in [0.15, 0.2) is 0 Å². The quantitative estimate of drug-likeness (QED) is 0.758. The molecule has 0 aliphatic rings. The van der Waals surface area contributed by atoms with Crippen molar-refractivity contribution in [3.63, 3.8) is 0 Å². The van der Waals surface area contributed by atoms with E-state index in [4.69, 9.17) is 4.74 Å². The molecule has 4 nitrogen and oxygen atoms in total. The number of rotatable bonds is 8. The Kier molecular flexibility index (Phi) is 7.60. The van der Waals surface area contributed by atoms with E-state index in [2.05, 4.69) is 5.32 Å². The number of hydrogen-bond acceptors (Lipinski definition) is 2. The summed E-state index contributed by atoms with van der Waals surface area (Å²) in [5.74, 6) is -0.285. The van der Waals surface area contributed by atoms with Crippen LogP contribution in [0.4, 0.5) is 9.18 Å². The van der Waals surface area contributed by atoms with Crippen molar-refractivity contribution in [3.05, 3.63) is 71.0 Å². The Morgan fingerprint density at radius 3 is 2.38 bits per heavy atom. The molecule has 26 heavy (non-hydrogen) atoms. The molecule has 0 saturated carbocycles. The maximum Gasteiger partial charge on any atom is 0.318 e. The lowest BCUT2D eigenvalue weighted by atomic mass is 10.0. The minimum absolute atomic E-state index is 0.0543. The van der Waals surface area contributed by atoms with Gasteiger partial charge in [-0.15, -0.1) is 0 Å². The number of ether oxygens (including phenoxy) is 1. The van der Waals surface area contributed by atoms with Gasteiger partial charge in [-0.1, -0.05) is 48.9 Å². The number of carbonyl (C=O) groups is 1. The van der Waals surface area contributed by atoms with Crippen molar-refractivity contribution in [1.82, 2.24) is 10.2 Å². The minimum atomic E-state index is -0.285. The molecule has 0 radical (unpaired) electrons. The van der Waals surface area contributed by atoms with Crippen molar-refractivity contribution in [2.45, 2.75) is 32.9 Å². The monoisotopic (exact) mass is 358 g/mol. The zero-order valence-electron chi connectivity index (χ0n) is 15.7. The normalized spacial score (nSPS) is 11.8. The number of nitrogens with one attached hydrogen (secondary N) is 1. The molecule has 1 N–H and O–H groups in total. The lowest BCUT2D eigenvalue weighted by Gasteiger charge is -2.26. The Balaban J connectivity index is 2.08. The molecule has 2 aromatic carbocycles. The molecule has 0 aromatic heterocycles. The van der Waals surface area contributed by atoms with Gasteiger partial charge in [-0.25, -0.2) is 9.18 Å². The van der Waals surface area contributed by atoms with Crippen molar-refractivity contribution in [3.8, 4) is 0 Å². The molecule has 0 aliphatic heterocycles. The van der Waals surface area contributed by atoms with Gasteiger partial charge in [0.2, 0.25) is 0 Å². The zero-order valence-corrected chi connectivity index (χ0v) is 15.7. The second kappa shape index (κ2) is 9.92. The molecule has 2 aromatic rings. The summed E-state index contributed by atoms with van der Waals surface area (Å²) in [5, 5.41) is 3.10. The zero-order chi connectivity index (χ0) is 18.9. The predicted octanol–water partition coefficient (Wildman–Crippen LogP) is 4.44. The molecule has 5 heteroatoms. The molecule has 0 bridgehead atoms. The molecule has 0 saturated heterocycles. The fraction of sp³-hybridized carbons (Fsp3) is 0.381. The molecule has 0 fully saturated rings. The summed E-state index contributed by atoms with van der Waals surface area (Å²) < 4.78 is 18.2. The van der Waals surface area contributed by atoms with Crippen LogP contribution in [0.25, 0.3) is 0 Å². The number of halogens is 1. The van der Waals surface area contributed by atoms with Gasteiger partial charge in [-0.3, -0.25) is 0 Å². The predicted molar refractivity (Wildman–Crippen MR) is 101 cm³/mol. The number of methoxy groups -OCH3 is 1. The van der Waals surface area contributed by atoms with Gasteiger partial charge in [-0.05, 0) is 36.6 Å². The van der Waals surface area contributed by atoms with Gasteiger partial charge in [0.1, 0.15) is 5.82 Å². The summed E-state index contributed by atoms with van der Waals surface area (Å²) in [6.45, 7) is 5.39. The van der Waals surface area contributed by atoms with Gasteiger partial charge < -0.3 is 15.0 Å². The van der Waals surface area contributed by atoms with Crippen LogP contribution >= 0.6 is 0 Å². The first-order valence-electron chi connectivity index (χ1n) is 8.89. The Labute approximate surface area is 155 Å². The molecule has 2 amide bonds. The minimum Gasteiger partial charge on any atom is -0.383 e. The lowest BCUT2D eigenvalue weighted by molar-refractivity contribution is 0.144. The van der Waals surface area contributed by atoms with Gasteiger partial charge in [-0.2, -0.15) is 0 Å². The van der Waals surface area contributed by atoms with E-state index in [9.17, 15) is 9.18 Å². The molecule has 1 atom stereocenters. The number of aryl methyl sites for hydroxylation is 1. The van der Waals surface area contributed by atoms with Gasteiger partial charge in [0, 0.05) is 20.2 Å². The van der Waals surface area contributed by atoms with E-state index in [1.165, 1.54) is 17.7 Å². The van der Waals surface area contributed by atoms with E-state index in [-0.39, 0.29) is 17.9 Å². The maximum absolute atomic E-state index is 13.1. The van der Waals surface area contributed by atoms with Crippen LogP contribution in [-0.2, 0) is 11.3 Å². The molecule has 0 spiro atoms. The topological polar surface area (TPSA) is 41.6 Å². The SMILES string of the molecule is CC[C@@H](NC(=O)N(CCOC)Cc1ccc(F)cc1)c1ccc(C)cc1. The van der Waals surface area contributed by atoms with E-state index in [1.807, 2.05) is 38.1 Å². The first-order valence-corrected chi connectivity index (χ1v) is 8.89. The number of hydrogen-bond donors (Lipinski definition) is 1. The highest BCUT2D eigenvalue weighted by molar-refractivity contribution is 5.74. The second-order valence-corrected chi connectivity index (χ2v) is 6.36. The first-order chi connectivity index (χ1) is 12.5. The van der Waals surface area contributed by atoms with Crippen LogP contribution in [0.15, 0.2) is 48.5 Å². The summed E-state index contributed by atoms with van der Waals surface area (Å²) in [6.07, 6.45) is 0.795. The Morgan fingerprint density at radius 2 is 1.81 bits per heavy atom. The smallest absolute Gasteiger partial charge is 0.318 e. The fourth-order valence-corrected chi connectivity index (χ4v) is 2.72. The average Bonchev–Trinajstić information content (AvgIpc) is 2.65. The molecule has 0 unspecified atom stereocenters. The molecule has 2 rings (SSSR count). The third-order valence-corrected chi connectivity index (χ3v) is 4.32. The van der Waals surface area contributed by atoms with E-state index < -0.39 is 0 Å². The molecule has 140 valence electrons. The summed E-state index contributed by atoms with van der Waals surface area (Å²) in [6, 6.07) is 14.2. The highest BCUT2D eigenvalue weighted by Crippen LogP contribution is 2.18. The van der Waals surface area contributed by atoms with E-state index in [0.29, 0.717) is 19.7 Å². The van der Waals surface area contributed by atoms with Gasteiger partial charge >= 0.3 is 6.03 Å². The number of nitrogens with zero attached hydrogens (tertiary/aromatic N) is 1. The molecule has 0 aliphatic carbocycles. The van der Waals surface area contributed by atoms with E-state index in [0.717, 1.165) is 17.5 Å².